The summed E-state index contributed by atoms with van der Waals surface area (Å²) >= 11 is 0. The molecule has 1 aliphatic heterocycles. The van der Waals surface area contributed by atoms with E-state index in [-0.39, 0.29) is 38.3 Å². The second-order valence-electron chi connectivity index (χ2n) is 12.8. The lowest BCUT2D eigenvalue weighted by Crippen LogP contribution is -2.41. The summed E-state index contributed by atoms with van der Waals surface area (Å²) in [7, 11) is 0. The largest absolute Gasteiger partial charge is 0.460 e. The minimum absolute atomic E-state index is 0.0698. The number of aliphatic hydroxyl groups is 2. The number of carbonyl (C=O) groups excluding carboxylic acids is 3. The van der Waals surface area contributed by atoms with Gasteiger partial charge in [-0.15, -0.1) is 0 Å². The number of hydrogen-bond acceptors (Lipinski definition) is 8. The van der Waals surface area contributed by atoms with Gasteiger partial charge in [0, 0.05) is 42.4 Å². The smallest absolute Gasteiger partial charge is 0.306 e. The van der Waals surface area contributed by atoms with Crippen molar-refractivity contribution in [2.24, 2.45) is 11.8 Å². The maximum absolute atomic E-state index is 13.0. The van der Waals surface area contributed by atoms with E-state index in [1.165, 1.54) is 0 Å². The van der Waals surface area contributed by atoms with Crippen molar-refractivity contribution in [1.82, 2.24) is 10.6 Å². The Hall–Kier alpha value is -2.79. The van der Waals surface area contributed by atoms with Gasteiger partial charge in [-0.1, -0.05) is 12.1 Å². The van der Waals surface area contributed by atoms with Crippen LogP contribution in [0.5, 0.6) is 0 Å². The highest BCUT2D eigenvalue weighted by Crippen LogP contribution is 2.59. The average molecular weight is 571 g/mol. The molecule has 41 heavy (non-hydrogen) atoms. The van der Waals surface area contributed by atoms with Crippen LogP contribution in [0.4, 0.5) is 0 Å². The molecule has 224 valence electrons. The van der Waals surface area contributed by atoms with E-state index in [2.05, 4.69) is 10.6 Å². The van der Waals surface area contributed by atoms with Crippen molar-refractivity contribution in [3.05, 3.63) is 47.0 Å². The molecule has 4 N–H and O–H groups in total. The summed E-state index contributed by atoms with van der Waals surface area (Å²) in [6.07, 6.45) is 4.91. The van der Waals surface area contributed by atoms with E-state index in [0.29, 0.717) is 23.0 Å². The molecule has 10 nitrogen and oxygen atoms in total. The Morgan fingerprint density at radius 1 is 1.10 bits per heavy atom. The Balaban J connectivity index is 1.14. The Labute approximate surface area is 240 Å². The number of aliphatic hydroxyl groups excluding tert-OH is 2. The summed E-state index contributed by atoms with van der Waals surface area (Å²) in [6, 6.07) is 6.24. The normalized spacial score (nSPS) is 26.0. The minimum atomic E-state index is -0.813. The molecule has 1 heterocycles. The SMILES string of the molecule is CC(C)(C)OC(=O)CC[C@@H](CO)NC(=O)c1cccc(CNC(=O)C2=C[C@H]3OC(C4CC4)(C4CC4)O[C@H]3[C@H](O)C2)c1. The molecule has 4 aliphatic rings. The van der Waals surface area contributed by atoms with Crippen molar-refractivity contribution in [2.75, 3.05) is 6.61 Å². The van der Waals surface area contributed by atoms with Crippen LogP contribution in [0.3, 0.4) is 0 Å². The maximum Gasteiger partial charge on any atom is 0.306 e. The van der Waals surface area contributed by atoms with Gasteiger partial charge in [0.05, 0.1) is 18.8 Å². The zero-order valence-corrected chi connectivity index (χ0v) is 24.1. The highest BCUT2D eigenvalue weighted by molar-refractivity contribution is 5.95. The summed E-state index contributed by atoms with van der Waals surface area (Å²) in [5.74, 6) is -0.931. The van der Waals surface area contributed by atoms with E-state index in [0.717, 1.165) is 31.2 Å². The molecule has 0 radical (unpaired) electrons. The predicted molar refractivity (Wildman–Crippen MR) is 148 cm³/mol. The number of ether oxygens (including phenoxy) is 3. The Bertz CT molecular complexity index is 1170. The third kappa shape index (κ3) is 7.17. The number of esters is 1. The second kappa shape index (κ2) is 11.8. The highest BCUT2D eigenvalue weighted by Gasteiger charge is 2.64. The molecule has 0 unspecified atom stereocenters. The Morgan fingerprint density at radius 3 is 2.44 bits per heavy atom. The van der Waals surface area contributed by atoms with E-state index in [9.17, 15) is 24.6 Å². The molecular formula is C31H42N2O8. The first-order valence-corrected chi connectivity index (χ1v) is 14.7. The molecule has 1 saturated heterocycles. The molecule has 0 spiro atoms. The third-order valence-corrected chi connectivity index (χ3v) is 8.04. The molecule has 1 aromatic rings. The number of hydrogen-bond donors (Lipinski definition) is 4. The van der Waals surface area contributed by atoms with Gasteiger partial charge in [0.15, 0.2) is 5.79 Å². The van der Waals surface area contributed by atoms with Crippen molar-refractivity contribution in [3.8, 4) is 0 Å². The van der Waals surface area contributed by atoms with Crippen molar-refractivity contribution in [1.29, 1.82) is 0 Å². The molecule has 0 bridgehead atoms. The second-order valence-corrected chi connectivity index (χ2v) is 12.8. The van der Waals surface area contributed by atoms with Crippen molar-refractivity contribution in [2.45, 2.75) is 108 Å². The van der Waals surface area contributed by atoms with E-state index < -0.39 is 47.6 Å². The first-order chi connectivity index (χ1) is 19.5. The Morgan fingerprint density at radius 2 is 1.80 bits per heavy atom. The zero-order valence-electron chi connectivity index (χ0n) is 24.1. The number of carbonyl (C=O) groups is 3. The quantitative estimate of drug-likeness (QED) is 0.297. The molecule has 10 heteroatoms. The predicted octanol–water partition coefficient (Wildman–Crippen LogP) is 2.51. The van der Waals surface area contributed by atoms with Crippen LogP contribution in [0.2, 0.25) is 0 Å². The van der Waals surface area contributed by atoms with Gasteiger partial charge >= 0.3 is 5.97 Å². The lowest BCUT2D eigenvalue weighted by Gasteiger charge is -2.29. The fourth-order valence-electron chi connectivity index (χ4n) is 5.76. The molecule has 3 aliphatic carbocycles. The van der Waals surface area contributed by atoms with Crippen LogP contribution in [0.15, 0.2) is 35.9 Å². The number of fused-ring (bicyclic) bond motifs is 1. The molecular weight excluding hydrogens is 528 g/mol. The van der Waals surface area contributed by atoms with Crippen LogP contribution in [-0.4, -0.2) is 70.3 Å². The van der Waals surface area contributed by atoms with Crippen LogP contribution in [0.25, 0.3) is 0 Å². The number of nitrogens with one attached hydrogen (secondary N) is 2. The minimum Gasteiger partial charge on any atom is -0.460 e. The topological polar surface area (TPSA) is 143 Å². The van der Waals surface area contributed by atoms with Crippen LogP contribution >= 0.6 is 0 Å². The number of benzene rings is 1. The Kier molecular flexibility index (Phi) is 8.57. The van der Waals surface area contributed by atoms with Crippen molar-refractivity contribution >= 4 is 17.8 Å². The average Bonchev–Trinajstić information content (AvgIpc) is 3.86. The third-order valence-electron chi connectivity index (χ3n) is 8.04. The van der Waals surface area contributed by atoms with Crippen molar-refractivity contribution in [3.63, 3.8) is 0 Å². The van der Waals surface area contributed by atoms with Gasteiger partial charge in [-0.25, -0.2) is 0 Å². The molecule has 5 rings (SSSR count). The standard InChI is InChI=1S/C31H42N2O8/c1-30(2,3)40-26(36)12-11-23(17-34)33-29(38)19-6-4-5-18(13-19)16-32-28(37)20-14-24(35)27-25(15-20)39-31(41-27,21-7-8-21)22-9-10-22/h4-6,13,15,21-25,27,34-35H,7-12,14,16-17H2,1-3H3,(H,32,37)(H,33,38)/t23-,24+,25+,27-/m0/s1. The highest BCUT2D eigenvalue weighted by atomic mass is 16.8. The lowest BCUT2D eigenvalue weighted by atomic mass is 9.92. The van der Waals surface area contributed by atoms with Gasteiger partial charge in [-0.3, -0.25) is 14.4 Å². The van der Waals surface area contributed by atoms with Gasteiger partial charge in [0.25, 0.3) is 5.91 Å². The molecule has 0 aromatic heterocycles. The molecule has 4 atom stereocenters. The fourth-order valence-corrected chi connectivity index (χ4v) is 5.76. The number of rotatable bonds is 11. The van der Waals surface area contributed by atoms with Crippen molar-refractivity contribution < 1.29 is 38.8 Å². The van der Waals surface area contributed by atoms with Gasteiger partial charge < -0.3 is 35.1 Å². The summed E-state index contributed by atoms with van der Waals surface area (Å²) in [5, 5.41) is 26.2. The van der Waals surface area contributed by atoms with E-state index >= 15 is 0 Å². The lowest BCUT2D eigenvalue weighted by molar-refractivity contribution is -0.209. The molecule has 1 aromatic carbocycles. The molecule has 3 fully saturated rings. The van der Waals surface area contributed by atoms with E-state index in [1.807, 2.05) is 0 Å². The first kappa shape index (κ1) is 29.7. The molecule has 2 saturated carbocycles. The van der Waals surface area contributed by atoms with E-state index in [1.54, 1.807) is 51.1 Å². The fraction of sp³-hybridized carbons (Fsp3) is 0.645. The van der Waals surface area contributed by atoms with Gasteiger partial charge in [-0.05, 0) is 76.6 Å². The monoisotopic (exact) mass is 570 g/mol. The summed E-state index contributed by atoms with van der Waals surface area (Å²) in [6.45, 7) is 5.22. The van der Waals surface area contributed by atoms with Crippen LogP contribution in [0.1, 0.15) is 81.6 Å². The molecule has 2 amide bonds. The van der Waals surface area contributed by atoms with Gasteiger partial charge in [-0.2, -0.15) is 0 Å². The van der Waals surface area contributed by atoms with Crippen LogP contribution in [0, 0.1) is 11.8 Å². The van der Waals surface area contributed by atoms with Gasteiger partial charge in [0.1, 0.15) is 17.8 Å². The van der Waals surface area contributed by atoms with Crippen LogP contribution < -0.4 is 10.6 Å². The summed E-state index contributed by atoms with van der Waals surface area (Å²) < 4.78 is 18.1. The number of amides is 2. The summed E-state index contributed by atoms with van der Waals surface area (Å²) in [4.78, 5) is 37.9. The van der Waals surface area contributed by atoms with E-state index in [4.69, 9.17) is 14.2 Å². The zero-order chi connectivity index (χ0) is 29.4. The summed E-state index contributed by atoms with van der Waals surface area (Å²) in [5.41, 5.74) is 0.958. The van der Waals surface area contributed by atoms with Gasteiger partial charge in [0.2, 0.25) is 5.91 Å². The first-order valence-electron chi connectivity index (χ1n) is 14.7. The van der Waals surface area contributed by atoms with Crippen LogP contribution in [-0.2, 0) is 30.3 Å². The maximum atomic E-state index is 13.0.